The van der Waals surface area contributed by atoms with E-state index in [0.29, 0.717) is 6.54 Å². The summed E-state index contributed by atoms with van der Waals surface area (Å²) < 4.78 is 5.04. The van der Waals surface area contributed by atoms with Crippen molar-refractivity contribution in [3.05, 3.63) is 36.0 Å². The smallest absolute Gasteiger partial charge is 0.321 e. The van der Waals surface area contributed by atoms with E-state index in [2.05, 4.69) is 15.6 Å². The molecule has 112 valence electrons. The van der Waals surface area contributed by atoms with Crippen LogP contribution in [0.5, 0.6) is 5.75 Å². The number of anilines is 2. The number of amides is 2. The van der Waals surface area contributed by atoms with Crippen LogP contribution in [0.3, 0.4) is 0 Å². The third-order valence-corrected chi connectivity index (χ3v) is 3.40. The maximum atomic E-state index is 11.7. The molecule has 0 aliphatic rings. The molecule has 0 atom stereocenters. The number of aromatic nitrogens is 1. The van der Waals surface area contributed by atoms with E-state index < -0.39 is 6.03 Å². The van der Waals surface area contributed by atoms with Crippen molar-refractivity contribution >= 4 is 27.5 Å². The number of nitrogens with one attached hydrogen (secondary N) is 2. The van der Waals surface area contributed by atoms with Gasteiger partial charge in [0.25, 0.3) is 0 Å². The van der Waals surface area contributed by atoms with E-state index in [-0.39, 0.29) is 15.4 Å². The van der Waals surface area contributed by atoms with Crippen LogP contribution in [0.25, 0.3) is 0 Å². The molecule has 0 radical (unpaired) electrons. The highest BCUT2D eigenvalue weighted by Gasteiger charge is 2.09. The van der Waals surface area contributed by atoms with Gasteiger partial charge in [-0.1, -0.05) is 23.5 Å². The molecule has 0 saturated heterocycles. The quantitative estimate of drug-likeness (QED) is 0.630. The average molecular weight is 310 g/mol. The Morgan fingerprint density at radius 1 is 1.38 bits per heavy atom. The summed E-state index contributed by atoms with van der Waals surface area (Å²) in [5.41, 5.74) is 0.919. The molecule has 21 heavy (non-hydrogen) atoms. The number of ether oxygens (including phenoxy) is 1. The Labute approximate surface area is 124 Å². The number of urea groups is 1. The Morgan fingerprint density at radius 3 is 2.67 bits per heavy atom. The zero-order valence-electron chi connectivity index (χ0n) is 11.1. The third kappa shape index (κ3) is 4.31. The summed E-state index contributed by atoms with van der Waals surface area (Å²) in [5, 5.41) is 23.0. The lowest BCUT2D eigenvalue weighted by molar-refractivity contribution is 0.0311. The summed E-state index contributed by atoms with van der Waals surface area (Å²) in [4.78, 5) is 15.5. The van der Waals surface area contributed by atoms with Crippen molar-refractivity contribution in [2.24, 2.45) is 0 Å². The van der Waals surface area contributed by atoms with E-state index in [0.717, 1.165) is 22.6 Å². The van der Waals surface area contributed by atoms with Gasteiger partial charge < -0.3 is 10.1 Å². The second-order valence-electron chi connectivity index (χ2n) is 3.95. The number of rotatable bonds is 5. The molecule has 8 nitrogen and oxygen atoms in total. The number of nitrogens with zero attached hydrogens (tertiary/aromatic N) is 2. The Bertz CT molecular complexity index is 600. The molecule has 0 aliphatic heterocycles. The molecule has 0 unspecified atom stereocenters. The van der Waals surface area contributed by atoms with Crippen LogP contribution in [0.2, 0.25) is 0 Å². The average Bonchev–Trinajstić information content (AvgIpc) is 2.94. The van der Waals surface area contributed by atoms with Crippen molar-refractivity contribution in [2.75, 3.05) is 17.7 Å². The largest absolute Gasteiger partial charge is 0.497 e. The fraction of sp³-hybridized carbons (Fsp3) is 0.167. The fourth-order valence-electron chi connectivity index (χ4n) is 1.48. The van der Waals surface area contributed by atoms with E-state index in [1.54, 1.807) is 19.2 Å². The second kappa shape index (κ2) is 6.88. The summed E-state index contributed by atoms with van der Waals surface area (Å²) >= 11 is 0.922. The van der Waals surface area contributed by atoms with Gasteiger partial charge >= 0.3 is 6.03 Å². The van der Waals surface area contributed by atoms with Crippen molar-refractivity contribution in [1.29, 1.82) is 0 Å². The minimum Gasteiger partial charge on any atom is -0.497 e. The second-order valence-corrected chi connectivity index (χ2v) is 4.96. The van der Waals surface area contributed by atoms with Gasteiger partial charge in [0.2, 0.25) is 0 Å². The first kappa shape index (κ1) is 15.0. The lowest BCUT2D eigenvalue weighted by Gasteiger charge is -2.06. The minimum atomic E-state index is -0.436. The standard InChI is InChI=1S/C12H14N4O4S/c1-20-9-4-2-8(3-5-9)6-13-11(17)15-12-14-7-10(21-12)16(18)19/h2-5,7,18-19H,6H2,1H3,(H2,13,14,15,17). The van der Waals surface area contributed by atoms with Crippen molar-refractivity contribution in [3.8, 4) is 5.75 Å². The van der Waals surface area contributed by atoms with Crippen molar-refractivity contribution in [2.45, 2.75) is 6.54 Å². The van der Waals surface area contributed by atoms with E-state index >= 15 is 0 Å². The van der Waals surface area contributed by atoms with Crippen molar-refractivity contribution in [1.82, 2.24) is 10.3 Å². The van der Waals surface area contributed by atoms with Crippen LogP contribution >= 0.6 is 11.3 Å². The van der Waals surface area contributed by atoms with Gasteiger partial charge in [0.05, 0.1) is 13.3 Å². The monoisotopic (exact) mass is 310 g/mol. The number of benzene rings is 1. The molecule has 0 aliphatic carbocycles. The third-order valence-electron chi connectivity index (χ3n) is 2.52. The van der Waals surface area contributed by atoms with E-state index in [1.807, 2.05) is 12.1 Å². The molecule has 1 heterocycles. The van der Waals surface area contributed by atoms with Gasteiger partial charge in [-0.2, -0.15) is 0 Å². The normalized spacial score (nSPS) is 10.0. The lowest BCUT2D eigenvalue weighted by atomic mass is 10.2. The van der Waals surface area contributed by atoms with E-state index in [9.17, 15) is 4.79 Å². The van der Waals surface area contributed by atoms with Gasteiger partial charge in [0, 0.05) is 6.54 Å². The molecule has 0 bridgehead atoms. The number of hydrogen-bond acceptors (Lipinski definition) is 7. The Balaban J connectivity index is 1.83. The van der Waals surface area contributed by atoms with Gasteiger partial charge in [-0.15, -0.1) is 5.23 Å². The lowest BCUT2D eigenvalue weighted by Crippen LogP contribution is -2.28. The summed E-state index contributed by atoms with van der Waals surface area (Å²) in [6.45, 7) is 0.347. The molecule has 2 aromatic rings. The van der Waals surface area contributed by atoms with Gasteiger partial charge in [0.1, 0.15) is 5.75 Å². The highest BCUT2D eigenvalue weighted by molar-refractivity contribution is 7.19. The predicted octanol–water partition coefficient (Wildman–Crippen LogP) is 2.06. The van der Waals surface area contributed by atoms with Gasteiger partial charge in [-0.25, -0.2) is 9.78 Å². The highest BCUT2D eigenvalue weighted by Crippen LogP contribution is 2.24. The zero-order chi connectivity index (χ0) is 15.2. The summed E-state index contributed by atoms with van der Waals surface area (Å²) in [5.74, 6) is 0.746. The SMILES string of the molecule is COc1ccc(CNC(=O)Nc2ncc(N(O)O)s2)cc1. The Kier molecular flexibility index (Phi) is 4.93. The number of methoxy groups -OCH3 is 1. The first-order valence-electron chi connectivity index (χ1n) is 5.90. The topological polar surface area (TPSA) is 107 Å². The molecule has 0 saturated carbocycles. The predicted molar refractivity (Wildman–Crippen MR) is 77.0 cm³/mol. The van der Waals surface area contributed by atoms with Crippen LogP contribution in [0.15, 0.2) is 30.5 Å². The molecule has 0 fully saturated rings. The maximum Gasteiger partial charge on any atom is 0.321 e. The van der Waals surface area contributed by atoms with Crippen LogP contribution in [-0.4, -0.2) is 28.5 Å². The van der Waals surface area contributed by atoms with Crippen molar-refractivity contribution < 1.29 is 19.9 Å². The maximum absolute atomic E-state index is 11.7. The van der Waals surface area contributed by atoms with Crippen LogP contribution in [0, 0.1) is 0 Å². The Morgan fingerprint density at radius 2 is 2.10 bits per heavy atom. The highest BCUT2D eigenvalue weighted by atomic mass is 32.1. The van der Waals surface area contributed by atoms with Gasteiger partial charge in [-0.3, -0.25) is 15.7 Å². The van der Waals surface area contributed by atoms with E-state index in [4.69, 9.17) is 15.2 Å². The molecule has 1 aromatic heterocycles. The van der Waals surface area contributed by atoms with Crippen LogP contribution in [0.1, 0.15) is 5.56 Å². The summed E-state index contributed by atoms with van der Waals surface area (Å²) in [6.07, 6.45) is 1.23. The molecule has 9 heteroatoms. The summed E-state index contributed by atoms with van der Waals surface area (Å²) in [6, 6.07) is 6.86. The number of carbonyl (C=O) groups excluding carboxylic acids is 1. The molecular weight excluding hydrogens is 296 g/mol. The van der Waals surface area contributed by atoms with Crippen LogP contribution < -0.4 is 20.6 Å². The first-order chi connectivity index (χ1) is 10.1. The molecule has 4 N–H and O–H groups in total. The molecule has 2 rings (SSSR count). The molecular formula is C12H14N4O4S. The molecule has 0 spiro atoms. The molecule has 1 aromatic carbocycles. The fourth-order valence-corrected chi connectivity index (χ4v) is 2.12. The zero-order valence-corrected chi connectivity index (χ0v) is 11.9. The first-order valence-corrected chi connectivity index (χ1v) is 6.71. The number of hydrogen-bond donors (Lipinski definition) is 4. The van der Waals surface area contributed by atoms with Gasteiger partial charge in [-0.05, 0) is 17.7 Å². The van der Waals surface area contributed by atoms with Crippen LogP contribution in [-0.2, 0) is 6.54 Å². The number of thiazole rings is 1. The number of carbonyl (C=O) groups is 1. The van der Waals surface area contributed by atoms with Gasteiger partial charge in [0.15, 0.2) is 10.1 Å². The molecule has 2 amide bonds. The Hall–Kier alpha value is -2.36. The van der Waals surface area contributed by atoms with E-state index in [1.165, 1.54) is 6.20 Å². The minimum absolute atomic E-state index is 0.0574. The van der Waals surface area contributed by atoms with Crippen LogP contribution in [0.4, 0.5) is 14.9 Å². The summed E-state index contributed by atoms with van der Waals surface area (Å²) in [7, 11) is 1.59. The van der Waals surface area contributed by atoms with Crippen molar-refractivity contribution in [3.63, 3.8) is 0 Å².